The van der Waals surface area contributed by atoms with Crippen LogP contribution < -0.4 is 0 Å². The summed E-state index contributed by atoms with van der Waals surface area (Å²) in [5.41, 5.74) is 0.500. The van der Waals surface area contributed by atoms with Gasteiger partial charge in [-0.3, -0.25) is 4.18 Å². The highest BCUT2D eigenvalue weighted by Gasteiger charge is 2.50. The van der Waals surface area contributed by atoms with E-state index in [0.29, 0.717) is 5.56 Å². The van der Waals surface area contributed by atoms with Crippen LogP contribution in [0, 0.1) is 11.3 Å². The molecule has 0 aliphatic carbocycles. The number of carbonyl (C=O) groups excluding carboxylic acids is 2. The average Bonchev–Trinajstić information content (AvgIpc) is 3.08. The van der Waals surface area contributed by atoms with Crippen LogP contribution in [-0.2, 0) is 28.5 Å². The van der Waals surface area contributed by atoms with Gasteiger partial charge < -0.3 is 14.2 Å². The molecule has 0 saturated carbocycles. The molecular weight excluding hydrogens is 426 g/mol. The summed E-state index contributed by atoms with van der Waals surface area (Å²) in [6.07, 6.45) is -4.40. The van der Waals surface area contributed by atoms with Crippen LogP contribution in [0.1, 0.15) is 20.7 Å². The minimum atomic E-state index is -4.01. The van der Waals surface area contributed by atoms with Crippen LogP contribution in [0.5, 0.6) is 0 Å². The Balaban J connectivity index is 1.80. The zero-order chi connectivity index (χ0) is 22.4. The van der Waals surface area contributed by atoms with E-state index in [2.05, 4.69) is 0 Å². The van der Waals surface area contributed by atoms with Gasteiger partial charge in [-0.05, 0) is 24.3 Å². The third-order valence-corrected chi connectivity index (χ3v) is 4.94. The highest BCUT2D eigenvalue weighted by Crippen LogP contribution is 2.29. The second-order valence-corrected chi connectivity index (χ2v) is 8.29. The summed E-state index contributed by atoms with van der Waals surface area (Å²) in [6.45, 7) is -0.387. The Morgan fingerprint density at radius 1 is 0.968 bits per heavy atom. The second-order valence-electron chi connectivity index (χ2n) is 6.69. The highest BCUT2D eigenvalue weighted by atomic mass is 32.2. The van der Waals surface area contributed by atoms with E-state index in [1.54, 1.807) is 54.6 Å². The number of rotatable bonds is 7. The van der Waals surface area contributed by atoms with Gasteiger partial charge in [0.2, 0.25) is 0 Å². The van der Waals surface area contributed by atoms with E-state index in [1.807, 2.05) is 0 Å². The van der Waals surface area contributed by atoms with Crippen molar-refractivity contribution in [2.75, 3.05) is 12.9 Å². The zero-order valence-corrected chi connectivity index (χ0v) is 17.2. The maximum Gasteiger partial charge on any atom is 0.338 e. The summed E-state index contributed by atoms with van der Waals surface area (Å²) in [4.78, 5) is 24.8. The molecule has 31 heavy (non-hydrogen) atoms. The number of esters is 2. The van der Waals surface area contributed by atoms with Crippen LogP contribution in [0.3, 0.4) is 0 Å². The van der Waals surface area contributed by atoms with Crippen LogP contribution in [-0.4, -0.2) is 57.6 Å². The monoisotopic (exact) mass is 445 g/mol. The normalized spacial score (nSPS) is 23.0. The maximum atomic E-state index is 12.5. The van der Waals surface area contributed by atoms with Gasteiger partial charge in [0.05, 0.1) is 23.5 Å². The molecule has 1 fully saturated rings. The maximum absolute atomic E-state index is 12.5. The van der Waals surface area contributed by atoms with Crippen LogP contribution in [0.15, 0.2) is 60.7 Å². The first-order valence-electron chi connectivity index (χ1n) is 9.20. The zero-order valence-electron chi connectivity index (χ0n) is 16.4. The molecule has 2 aromatic rings. The molecule has 0 aromatic heterocycles. The van der Waals surface area contributed by atoms with Crippen LogP contribution in [0.2, 0.25) is 0 Å². The van der Waals surface area contributed by atoms with Gasteiger partial charge in [-0.1, -0.05) is 36.4 Å². The van der Waals surface area contributed by atoms with E-state index in [1.165, 1.54) is 12.1 Å². The van der Waals surface area contributed by atoms with Crippen LogP contribution >= 0.6 is 0 Å². The van der Waals surface area contributed by atoms with Gasteiger partial charge in [-0.2, -0.15) is 13.7 Å². The van der Waals surface area contributed by atoms with Crippen molar-refractivity contribution in [2.24, 2.45) is 0 Å². The molecule has 4 atom stereocenters. The number of ether oxygens (including phenoxy) is 3. The van der Waals surface area contributed by atoms with E-state index in [4.69, 9.17) is 18.4 Å². The molecule has 2 aromatic carbocycles. The summed E-state index contributed by atoms with van der Waals surface area (Å²) < 4.78 is 44.5. The van der Waals surface area contributed by atoms with Gasteiger partial charge in [-0.15, -0.1) is 0 Å². The molecule has 1 heterocycles. The van der Waals surface area contributed by atoms with Gasteiger partial charge in [0.1, 0.15) is 12.7 Å². The van der Waals surface area contributed by atoms with E-state index in [-0.39, 0.29) is 12.2 Å². The highest BCUT2D eigenvalue weighted by molar-refractivity contribution is 7.86. The summed E-state index contributed by atoms with van der Waals surface area (Å²) >= 11 is 0. The predicted octanol–water partition coefficient (Wildman–Crippen LogP) is 1.70. The van der Waals surface area contributed by atoms with E-state index >= 15 is 0 Å². The number of carbonyl (C=O) groups is 2. The van der Waals surface area contributed by atoms with E-state index in [0.717, 1.165) is 6.26 Å². The SMILES string of the molecule is CS(=O)(=O)O[C@H]1[C@H](OC(=O)c2ccccc2)[C@@H](COC(=O)c2ccccc2)O[C@H]1C#N. The van der Waals surface area contributed by atoms with Crippen molar-refractivity contribution in [1.82, 2.24) is 0 Å². The summed E-state index contributed by atoms with van der Waals surface area (Å²) in [7, 11) is -4.01. The second kappa shape index (κ2) is 9.70. The van der Waals surface area contributed by atoms with Gasteiger partial charge in [-0.25, -0.2) is 9.59 Å². The van der Waals surface area contributed by atoms with Crippen molar-refractivity contribution >= 4 is 22.1 Å². The lowest BCUT2D eigenvalue weighted by Crippen LogP contribution is -2.41. The quantitative estimate of drug-likeness (QED) is 0.462. The Morgan fingerprint density at radius 3 is 2.03 bits per heavy atom. The molecule has 1 aliphatic heterocycles. The third kappa shape index (κ3) is 5.88. The smallest absolute Gasteiger partial charge is 0.338 e. The Labute approximate surface area is 179 Å². The molecule has 0 unspecified atom stereocenters. The van der Waals surface area contributed by atoms with Crippen molar-refractivity contribution in [3.63, 3.8) is 0 Å². The van der Waals surface area contributed by atoms with E-state index < -0.39 is 46.5 Å². The standard InChI is InChI=1S/C21H19NO8S/c1-31(25,26)30-19-16(12-22)28-17(13-27-20(23)14-8-4-2-5-9-14)18(19)29-21(24)15-10-6-3-7-11-15/h2-11,16-19H,13H2,1H3/t16-,17+,18+,19+/m0/s1. The molecule has 0 amide bonds. The van der Waals surface area contributed by atoms with Gasteiger partial charge >= 0.3 is 11.9 Å². The lowest BCUT2D eigenvalue weighted by Gasteiger charge is -2.22. The van der Waals surface area contributed by atoms with E-state index in [9.17, 15) is 23.3 Å². The number of hydrogen-bond acceptors (Lipinski definition) is 9. The third-order valence-electron chi connectivity index (χ3n) is 4.36. The predicted molar refractivity (Wildman–Crippen MR) is 106 cm³/mol. The molecular formula is C21H19NO8S. The molecule has 0 spiro atoms. The van der Waals surface area contributed by atoms with Gasteiger partial charge in [0.25, 0.3) is 10.1 Å². The van der Waals surface area contributed by atoms with Crippen LogP contribution in [0.25, 0.3) is 0 Å². The average molecular weight is 445 g/mol. The van der Waals surface area contributed by atoms with Crippen molar-refractivity contribution < 1.29 is 36.4 Å². The topological polar surface area (TPSA) is 129 Å². The first-order valence-corrected chi connectivity index (χ1v) is 11.0. The Hall–Kier alpha value is -3.26. The van der Waals surface area contributed by atoms with Crippen LogP contribution in [0.4, 0.5) is 0 Å². The number of nitriles is 1. The molecule has 162 valence electrons. The lowest BCUT2D eigenvalue weighted by molar-refractivity contribution is -0.0384. The lowest BCUT2D eigenvalue weighted by atomic mass is 10.1. The molecule has 1 saturated heterocycles. The largest absolute Gasteiger partial charge is 0.459 e. The Bertz CT molecular complexity index is 1070. The Morgan fingerprint density at radius 2 is 1.52 bits per heavy atom. The fourth-order valence-electron chi connectivity index (χ4n) is 3.00. The number of hydrogen-bond donors (Lipinski definition) is 0. The molecule has 0 radical (unpaired) electrons. The van der Waals surface area contributed by atoms with Gasteiger partial charge in [0.15, 0.2) is 18.3 Å². The molecule has 10 heteroatoms. The fraction of sp³-hybridized carbons (Fsp3) is 0.286. The minimum absolute atomic E-state index is 0.209. The Kier molecular flexibility index (Phi) is 7.02. The van der Waals surface area contributed by atoms with Gasteiger partial charge in [0, 0.05) is 0 Å². The molecule has 3 rings (SSSR count). The first-order chi connectivity index (χ1) is 14.8. The molecule has 0 bridgehead atoms. The number of benzene rings is 2. The van der Waals surface area contributed by atoms with Crippen molar-refractivity contribution in [3.8, 4) is 6.07 Å². The summed E-state index contributed by atoms with van der Waals surface area (Å²) in [6, 6.07) is 17.9. The van der Waals surface area contributed by atoms with Crippen molar-refractivity contribution in [3.05, 3.63) is 71.8 Å². The molecule has 0 N–H and O–H groups in total. The molecule has 9 nitrogen and oxygen atoms in total. The fourth-order valence-corrected chi connectivity index (χ4v) is 3.61. The van der Waals surface area contributed by atoms with Crippen molar-refractivity contribution in [1.29, 1.82) is 5.26 Å². The summed E-state index contributed by atoms with van der Waals surface area (Å²) in [5, 5.41) is 9.38. The number of nitrogens with zero attached hydrogens (tertiary/aromatic N) is 1. The van der Waals surface area contributed by atoms with Crippen molar-refractivity contribution in [2.45, 2.75) is 24.4 Å². The minimum Gasteiger partial charge on any atom is -0.459 e. The molecule has 1 aliphatic rings. The summed E-state index contributed by atoms with van der Waals surface area (Å²) in [5.74, 6) is -1.42. The first kappa shape index (κ1) is 22.4.